The number of halogens is 3. The van der Waals surface area contributed by atoms with E-state index in [0.717, 1.165) is 0 Å². The smallest absolute Gasteiger partial charge is 0.160 e. The molecule has 0 aromatic heterocycles. The molecule has 0 aliphatic carbocycles. The first-order valence-corrected chi connectivity index (χ1v) is 7.66. The molecule has 0 bridgehead atoms. The standard InChI is InChI=1S/C10H10Cl2FNO3S/c11-6-1-5(2-7(12)10(6)13)14-8-3-18(16,17)4-9(8)15/h1-2,8-9,14-15H,3-4H2. The number of nitrogens with one attached hydrogen (secondary N) is 1. The number of sulfone groups is 1. The van der Waals surface area contributed by atoms with Gasteiger partial charge in [0.05, 0.1) is 33.7 Å². The molecular formula is C10H10Cl2FNO3S. The van der Waals surface area contributed by atoms with Crippen molar-refractivity contribution in [2.24, 2.45) is 0 Å². The summed E-state index contributed by atoms with van der Waals surface area (Å²) in [5, 5.41) is 12.1. The van der Waals surface area contributed by atoms with Crippen LogP contribution in [0.1, 0.15) is 0 Å². The van der Waals surface area contributed by atoms with E-state index in [2.05, 4.69) is 5.32 Å². The SMILES string of the molecule is O=S1(=O)CC(O)C(Nc2cc(Cl)c(F)c(Cl)c2)C1. The summed E-state index contributed by atoms with van der Waals surface area (Å²) in [4.78, 5) is 0. The zero-order valence-electron chi connectivity index (χ0n) is 9.03. The molecule has 100 valence electrons. The van der Waals surface area contributed by atoms with Crippen LogP contribution >= 0.6 is 23.2 Å². The van der Waals surface area contributed by atoms with Crippen LogP contribution in [0.2, 0.25) is 10.0 Å². The largest absolute Gasteiger partial charge is 0.390 e. The van der Waals surface area contributed by atoms with E-state index in [9.17, 15) is 17.9 Å². The van der Waals surface area contributed by atoms with Gasteiger partial charge in [0.15, 0.2) is 15.7 Å². The first-order valence-electron chi connectivity index (χ1n) is 5.08. The summed E-state index contributed by atoms with van der Waals surface area (Å²) in [5.41, 5.74) is 0.368. The lowest BCUT2D eigenvalue weighted by atomic mass is 10.2. The van der Waals surface area contributed by atoms with Crippen molar-refractivity contribution >= 4 is 38.7 Å². The van der Waals surface area contributed by atoms with E-state index >= 15 is 0 Å². The first-order chi connectivity index (χ1) is 8.28. The third-order valence-electron chi connectivity index (χ3n) is 2.66. The topological polar surface area (TPSA) is 66.4 Å². The summed E-state index contributed by atoms with van der Waals surface area (Å²) >= 11 is 11.2. The van der Waals surface area contributed by atoms with Crippen molar-refractivity contribution < 1.29 is 17.9 Å². The molecule has 0 saturated carbocycles. The fraction of sp³-hybridized carbons (Fsp3) is 0.400. The van der Waals surface area contributed by atoms with Gasteiger partial charge in [-0.3, -0.25) is 0 Å². The van der Waals surface area contributed by atoms with Crippen LogP contribution in [0.4, 0.5) is 10.1 Å². The number of rotatable bonds is 2. The molecule has 1 aromatic rings. The Bertz CT molecular complexity index is 555. The minimum atomic E-state index is -3.25. The van der Waals surface area contributed by atoms with Gasteiger partial charge in [0.25, 0.3) is 0 Å². The van der Waals surface area contributed by atoms with Gasteiger partial charge in [0.1, 0.15) is 0 Å². The van der Waals surface area contributed by atoms with Gasteiger partial charge < -0.3 is 10.4 Å². The number of hydrogen-bond donors (Lipinski definition) is 2. The van der Waals surface area contributed by atoms with Gasteiger partial charge in [-0.15, -0.1) is 0 Å². The molecule has 1 saturated heterocycles. The number of anilines is 1. The Morgan fingerprint density at radius 1 is 1.28 bits per heavy atom. The molecule has 2 atom stereocenters. The van der Waals surface area contributed by atoms with Gasteiger partial charge in [-0.2, -0.15) is 0 Å². The van der Waals surface area contributed by atoms with E-state index in [1.807, 2.05) is 0 Å². The summed E-state index contributed by atoms with van der Waals surface area (Å²) in [7, 11) is -3.25. The van der Waals surface area contributed by atoms with Gasteiger partial charge in [-0.1, -0.05) is 23.2 Å². The summed E-state index contributed by atoms with van der Waals surface area (Å²) in [6.07, 6.45) is -1.00. The second kappa shape index (κ2) is 4.85. The van der Waals surface area contributed by atoms with Crippen molar-refractivity contribution in [2.75, 3.05) is 16.8 Å². The van der Waals surface area contributed by atoms with Crippen molar-refractivity contribution in [3.63, 3.8) is 0 Å². The molecule has 0 spiro atoms. The van der Waals surface area contributed by atoms with Crippen molar-refractivity contribution in [1.82, 2.24) is 0 Å². The molecule has 1 aromatic carbocycles. The lowest BCUT2D eigenvalue weighted by Crippen LogP contribution is -2.31. The predicted octanol–water partition coefficient (Wildman–Crippen LogP) is 1.70. The maximum Gasteiger partial charge on any atom is 0.160 e. The average molecular weight is 314 g/mol. The van der Waals surface area contributed by atoms with E-state index in [0.29, 0.717) is 5.69 Å². The molecule has 1 fully saturated rings. The molecular weight excluding hydrogens is 304 g/mol. The van der Waals surface area contributed by atoms with E-state index < -0.39 is 27.8 Å². The van der Waals surface area contributed by atoms with Crippen LogP contribution in [0.25, 0.3) is 0 Å². The quantitative estimate of drug-likeness (QED) is 0.816. The van der Waals surface area contributed by atoms with E-state index in [1.54, 1.807) is 0 Å². The highest BCUT2D eigenvalue weighted by Crippen LogP contribution is 2.28. The molecule has 1 aliphatic rings. The van der Waals surface area contributed by atoms with Crippen LogP contribution in [-0.4, -0.2) is 37.2 Å². The summed E-state index contributed by atoms with van der Waals surface area (Å²) in [6.45, 7) is 0. The molecule has 2 unspecified atom stereocenters. The molecule has 2 rings (SSSR count). The minimum Gasteiger partial charge on any atom is -0.390 e. The average Bonchev–Trinajstić information content (AvgIpc) is 2.48. The van der Waals surface area contributed by atoms with Gasteiger partial charge in [-0.25, -0.2) is 12.8 Å². The molecule has 0 amide bonds. The molecule has 1 aliphatic heterocycles. The third-order valence-corrected chi connectivity index (χ3v) is 4.92. The van der Waals surface area contributed by atoms with Crippen molar-refractivity contribution in [3.8, 4) is 0 Å². The van der Waals surface area contributed by atoms with Crippen LogP contribution in [0.5, 0.6) is 0 Å². The number of aliphatic hydroxyl groups is 1. The summed E-state index contributed by atoms with van der Waals surface area (Å²) in [5.74, 6) is -1.20. The molecule has 18 heavy (non-hydrogen) atoms. The Labute approximate surface area is 114 Å². The zero-order valence-corrected chi connectivity index (χ0v) is 11.4. The van der Waals surface area contributed by atoms with Gasteiger partial charge in [0, 0.05) is 5.69 Å². The van der Waals surface area contributed by atoms with Crippen LogP contribution in [0.3, 0.4) is 0 Å². The maximum absolute atomic E-state index is 13.2. The number of benzene rings is 1. The molecule has 0 radical (unpaired) electrons. The second-order valence-corrected chi connectivity index (χ2v) is 7.12. The fourth-order valence-electron chi connectivity index (χ4n) is 1.82. The van der Waals surface area contributed by atoms with Crippen LogP contribution in [-0.2, 0) is 9.84 Å². The highest BCUT2D eigenvalue weighted by molar-refractivity contribution is 7.91. The third kappa shape index (κ3) is 2.88. The second-order valence-electron chi connectivity index (χ2n) is 4.15. The van der Waals surface area contributed by atoms with Crippen molar-refractivity contribution in [2.45, 2.75) is 12.1 Å². The normalized spacial score (nSPS) is 26.2. The van der Waals surface area contributed by atoms with Crippen molar-refractivity contribution in [3.05, 3.63) is 28.0 Å². The highest BCUT2D eigenvalue weighted by Gasteiger charge is 2.36. The van der Waals surface area contributed by atoms with Gasteiger partial charge in [-0.05, 0) is 12.1 Å². The zero-order chi connectivity index (χ0) is 13.5. The summed E-state index contributed by atoms with van der Waals surface area (Å²) < 4.78 is 35.8. The molecule has 4 nitrogen and oxygen atoms in total. The van der Waals surface area contributed by atoms with E-state index in [1.165, 1.54) is 12.1 Å². The van der Waals surface area contributed by atoms with E-state index in [4.69, 9.17) is 23.2 Å². The number of hydrogen-bond acceptors (Lipinski definition) is 4. The van der Waals surface area contributed by atoms with Gasteiger partial charge in [0.2, 0.25) is 0 Å². The first kappa shape index (κ1) is 13.9. The Morgan fingerprint density at radius 3 is 2.28 bits per heavy atom. The number of aliphatic hydroxyl groups excluding tert-OH is 1. The molecule has 2 N–H and O–H groups in total. The molecule has 1 heterocycles. The lowest BCUT2D eigenvalue weighted by Gasteiger charge is -2.16. The Kier molecular flexibility index (Phi) is 3.73. The van der Waals surface area contributed by atoms with Crippen molar-refractivity contribution in [1.29, 1.82) is 0 Å². The predicted molar refractivity (Wildman–Crippen MR) is 68.5 cm³/mol. The van der Waals surface area contributed by atoms with Crippen LogP contribution in [0, 0.1) is 5.82 Å². The highest BCUT2D eigenvalue weighted by atomic mass is 35.5. The maximum atomic E-state index is 13.2. The Balaban J connectivity index is 2.20. The van der Waals surface area contributed by atoms with Crippen LogP contribution in [0.15, 0.2) is 12.1 Å². The fourth-order valence-corrected chi connectivity index (χ4v) is 4.05. The summed E-state index contributed by atoms with van der Waals surface area (Å²) in [6, 6.07) is 1.94. The lowest BCUT2D eigenvalue weighted by molar-refractivity contribution is 0.190. The Morgan fingerprint density at radius 2 is 1.83 bits per heavy atom. The van der Waals surface area contributed by atoms with Crippen LogP contribution < -0.4 is 5.32 Å². The monoisotopic (exact) mass is 313 g/mol. The van der Waals surface area contributed by atoms with E-state index in [-0.39, 0.29) is 21.6 Å². The Hall–Kier alpha value is -0.560. The molecule has 8 heteroatoms. The van der Waals surface area contributed by atoms with Gasteiger partial charge >= 0.3 is 0 Å². The minimum absolute atomic E-state index is 0.166.